The van der Waals surface area contributed by atoms with Gasteiger partial charge in [0.25, 0.3) is 10.0 Å². The molecule has 0 radical (unpaired) electrons. The Hall–Kier alpha value is -2.23. The number of benzene rings is 1. The Bertz CT molecular complexity index is 1010. The van der Waals surface area contributed by atoms with Crippen molar-refractivity contribution in [3.05, 3.63) is 51.2 Å². The first-order valence-corrected chi connectivity index (χ1v) is 10.0. The van der Waals surface area contributed by atoms with Crippen LogP contribution in [0.3, 0.4) is 0 Å². The minimum Gasteiger partial charge on any atom is -0.456 e. The number of sulfonamides is 1. The molecule has 26 heavy (non-hydrogen) atoms. The number of fused-ring (bicyclic) bond motifs is 1. The maximum Gasteiger partial charge on any atom is 0.326 e. The van der Waals surface area contributed by atoms with Gasteiger partial charge in [-0.05, 0) is 24.3 Å². The summed E-state index contributed by atoms with van der Waals surface area (Å²) in [6.45, 7) is -0.661. The molecule has 1 aliphatic rings. The van der Waals surface area contributed by atoms with E-state index in [1.807, 2.05) is 0 Å². The third-order valence-corrected chi connectivity index (χ3v) is 6.15. The van der Waals surface area contributed by atoms with Crippen molar-refractivity contribution in [3.63, 3.8) is 0 Å². The van der Waals surface area contributed by atoms with E-state index in [0.717, 1.165) is 11.3 Å². The third-order valence-electron chi connectivity index (χ3n) is 3.55. The van der Waals surface area contributed by atoms with Crippen molar-refractivity contribution in [2.45, 2.75) is 4.90 Å². The van der Waals surface area contributed by atoms with Gasteiger partial charge in [-0.25, -0.2) is 0 Å². The van der Waals surface area contributed by atoms with Gasteiger partial charge in [-0.15, -0.1) is 15.7 Å². The molecule has 1 aliphatic heterocycles. The molecule has 0 bridgehead atoms. The van der Waals surface area contributed by atoms with E-state index < -0.39 is 22.6 Å². The zero-order valence-electron chi connectivity index (χ0n) is 13.5. The minimum absolute atomic E-state index is 0.0972. The fourth-order valence-electron chi connectivity index (χ4n) is 2.36. The van der Waals surface area contributed by atoms with Crippen LogP contribution in [0.15, 0.2) is 45.7 Å². The first-order chi connectivity index (χ1) is 12.3. The highest BCUT2D eigenvalue weighted by Gasteiger charge is 2.31. The number of carbonyl (C=O) groups excluding carboxylic acids is 2. The molecule has 0 saturated heterocycles. The average molecular weight is 413 g/mol. The molecule has 10 heteroatoms. The molecule has 136 valence electrons. The molecule has 0 amide bonds. The van der Waals surface area contributed by atoms with Gasteiger partial charge in [-0.1, -0.05) is 23.7 Å². The normalized spacial score (nSPS) is 14.5. The Kier molecular flexibility index (Phi) is 5.12. The molecule has 7 nitrogen and oxygen atoms in total. The number of hydrogen-bond acceptors (Lipinski definition) is 7. The van der Waals surface area contributed by atoms with E-state index >= 15 is 0 Å². The Morgan fingerprint density at radius 1 is 1.23 bits per heavy atom. The van der Waals surface area contributed by atoms with Gasteiger partial charge in [0.15, 0.2) is 12.4 Å². The molecule has 1 aromatic carbocycles. The van der Waals surface area contributed by atoms with Crippen LogP contribution in [0.5, 0.6) is 0 Å². The summed E-state index contributed by atoms with van der Waals surface area (Å²) < 4.78 is 33.2. The van der Waals surface area contributed by atoms with Crippen molar-refractivity contribution in [3.8, 4) is 0 Å². The Balaban J connectivity index is 1.62. The predicted octanol–water partition coefficient (Wildman–Crippen LogP) is 2.21. The van der Waals surface area contributed by atoms with Gasteiger partial charge in [0, 0.05) is 12.6 Å². The van der Waals surface area contributed by atoms with Gasteiger partial charge >= 0.3 is 5.97 Å². The van der Waals surface area contributed by atoms with Crippen LogP contribution in [0.4, 0.5) is 0 Å². The third kappa shape index (κ3) is 3.79. The van der Waals surface area contributed by atoms with Crippen LogP contribution in [-0.4, -0.2) is 51.1 Å². The zero-order valence-corrected chi connectivity index (χ0v) is 15.9. The first-order valence-electron chi connectivity index (χ1n) is 7.37. The van der Waals surface area contributed by atoms with Crippen LogP contribution in [0.1, 0.15) is 15.2 Å². The Morgan fingerprint density at radius 3 is 2.65 bits per heavy atom. The molecular formula is C16H13ClN2O5S2. The van der Waals surface area contributed by atoms with Crippen molar-refractivity contribution >= 4 is 50.5 Å². The van der Waals surface area contributed by atoms with Gasteiger partial charge in [0.2, 0.25) is 5.78 Å². The topological polar surface area (TPSA) is 93.1 Å². The van der Waals surface area contributed by atoms with Crippen LogP contribution < -0.4 is 0 Å². The maximum absolute atomic E-state index is 12.0. The van der Waals surface area contributed by atoms with Crippen molar-refractivity contribution in [1.29, 1.82) is 0 Å². The predicted molar refractivity (Wildman–Crippen MR) is 97.4 cm³/mol. The van der Waals surface area contributed by atoms with E-state index in [4.69, 9.17) is 16.3 Å². The number of halogens is 1. The molecule has 0 saturated carbocycles. The van der Waals surface area contributed by atoms with Crippen molar-refractivity contribution in [1.82, 2.24) is 4.90 Å². The molecule has 1 aromatic heterocycles. The molecule has 2 aromatic rings. The SMILES string of the molecule is CN(CC(=O)OCC(=O)c1ccc(Cl)s1)C1=NS(=O)(=O)c2ccccc21. The summed E-state index contributed by atoms with van der Waals surface area (Å²) in [4.78, 5) is 25.8. The van der Waals surface area contributed by atoms with Crippen molar-refractivity contribution < 1.29 is 22.7 Å². The summed E-state index contributed by atoms with van der Waals surface area (Å²) in [6, 6.07) is 9.51. The highest BCUT2D eigenvalue weighted by Crippen LogP contribution is 2.27. The first kappa shape index (κ1) is 18.6. The molecule has 0 atom stereocenters. The Labute approximate surface area is 158 Å². The molecular weight excluding hydrogens is 400 g/mol. The van der Waals surface area contributed by atoms with Gasteiger partial charge in [-0.3, -0.25) is 9.59 Å². The lowest BCUT2D eigenvalue weighted by molar-refractivity contribution is -0.142. The number of ether oxygens (including phenoxy) is 1. The number of nitrogens with zero attached hydrogens (tertiary/aromatic N) is 2. The maximum atomic E-state index is 12.0. The summed E-state index contributed by atoms with van der Waals surface area (Å²) >= 11 is 6.86. The lowest BCUT2D eigenvalue weighted by atomic mass is 10.2. The molecule has 0 spiro atoms. The van der Waals surface area contributed by atoms with Gasteiger partial charge in [-0.2, -0.15) is 8.42 Å². The summed E-state index contributed by atoms with van der Waals surface area (Å²) in [6.07, 6.45) is 0. The smallest absolute Gasteiger partial charge is 0.326 e. The summed E-state index contributed by atoms with van der Waals surface area (Å²) in [5.41, 5.74) is 0.423. The Morgan fingerprint density at radius 2 is 1.96 bits per heavy atom. The standard InChI is InChI=1S/C16H13ClN2O5S2/c1-19(16-10-4-2-3-5-13(10)26(22,23)18-16)8-15(21)24-9-11(20)12-6-7-14(17)25-12/h2-7H,8-9H2,1H3. The fraction of sp³-hybridized carbons (Fsp3) is 0.188. The second-order valence-corrected chi connectivity index (χ2v) is 8.72. The number of thiophene rings is 1. The average Bonchev–Trinajstić information content (AvgIpc) is 3.14. The monoisotopic (exact) mass is 412 g/mol. The van der Waals surface area contributed by atoms with E-state index in [-0.39, 0.29) is 23.1 Å². The molecule has 2 heterocycles. The lowest BCUT2D eigenvalue weighted by Gasteiger charge is -2.17. The summed E-state index contributed by atoms with van der Waals surface area (Å²) in [5.74, 6) is -0.870. The van der Waals surface area contributed by atoms with Crippen LogP contribution >= 0.6 is 22.9 Å². The van der Waals surface area contributed by atoms with Crippen LogP contribution in [0.25, 0.3) is 0 Å². The number of Topliss-reactive ketones (excluding diaryl/α,β-unsaturated/α-hetero) is 1. The van der Waals surface area contributed by atoms with Crippen molar-refractivity contribution in [2.75, 3.05) is 20.2 Å². The highest BCUT2D eigenvalue weighted by molar-refractivity contribution is 7.90. The summed E-state index contributed by atoms with van der Waals surface area (Å²) in [7, 11) is -2.24. The summed E-state index contributed by atoms with van der Waals surface area (Å²) in [5, 5.41) is 0. The minimum atomic E-state index is -3.77. The van der Waals surface area contributed by atoms with Crippen LogP contribution in [-0.2, 0) is 19.6 Å². The number of esters is 1. The number of likely N-dealkylation sites (N-methyl/N-ethyl adjacent to an activating group) is 1. The molecule has 3 rings (SSSR count). The molecule has 0 N–H and O–H groups in total. The number of rotatable bonds is 5. The number of ketones is 1. The molecule has 0 fully saturated rings. The van der Waals surface area contributed by atoms with Crippen molar-refractivity contribution in [2.24, 2.45) is 4.40 Å². The van der Waals surface area contributed by atoms with Gasteiger partial charge in [0.05, 0.1) is 9.21 Å². The van der Waals surface area contributed by atoms with E-state index in [1.165, 1.54) is 18.0 Å². The van der Waals surface area contributed by atoms with Gasteiger partial charge < -0.3 is 9.64 Å². The molecule has 0 aliphatic carbocycles. The number of amidine groups is 1. The lowest BCUT2D eigenvalue weighted by Crippen LogP contribution is -2.33. The molecule has 0 unspecified atom stereocenters. The van der Waals surface area contributed by atoms with Gasteiger partial charge in [0.1, 0.15) is 11.4 Å². The largest absolute Gasteiger partial charge is 0.456 e. The highest BCUT2D eigenvalue weighted by atomic mass is 35.5. The van der Waals surface area contributed by atoms with E-state index in [0.29, 0.717) is 14.8 Å². The van der Waals surface area contributed by atoms with E-state index in [2.05, 4.69) is 4.40 Å². The zero-order chi connectivity index (χ0) is 18.9. The fourth-order valence-corrected chi connectivity index (χ4v) is 4.58. The van der Waals surface area contributed by atoms with E-state index in [9.17, 15) is 18.0 Å². The quantitative estimate of drug-likeness (QED) is 0.552. The second-order valence-electron chi connectivity index (χ2n) is 5.43. The van der Waals surface area contributed by atoms with Crippen LogP contribution in [0, 0.1) is 0 Å². The number of carbonyl (C=O) groups is 2. The van der Waals surface area contributed by atoms with Crippen LogP contribution in [0.2, 0.25) is 4.34 Å². The number of hydrogen-bond donors (Lipinski definition) is 0. The van der Waals surface area contributed by atoms with E-state index in [1.54, 1.807) is 30.3 Å². The second kappa shape index (κ2) is 7.18.